The van der Waals surface area contributed by atoms with Crippen LogP contribution >= 0.6 is 0 Å². The first-order chi connectivity index (χ1) is 11.7. The summed E-state index contributed by atoms with van der Waals surface area (Å²) in [5, 5.41) is 10.6. The van der Waals surface area contributed by atoms with Crippen molar-refractivity contribution in [3.05, 3.63) is 71.7 Å². The number of benzene rings is 2. The van der Waals surface area contributed by atoms with Gasteiger partial charge in [-0.25, -0.2) is 4.39 Å². The van der Waals surface area contributed by atoms with Crippen molar-refractivity contribution in [1.29, 1.82) is 5.26 Å². The number of nitrogens with zero attached hydrogens (tertiary/aromatic N) is 2. The molecule has 0 fully saturated rings. The Bertz CT molecular complexity index is 944. The quantitative estimate of drug-likeness (QED) is 0.557. The molecule has 0 aliphatic heterocycles. The predicted octanol–water partition coefficient (Wildman–Crippen LogP) is 5.82. The Morgan fingerprint density at radius 2 is 1.92 bits per heavy atom. The predicted molar refractivity (Wildman–Crippen MR) is 96.8 cm³/mol. The van der Waals surface area contributed by atoms with Crippen LogP contribution in [0.5, 0.6) is 0 Å². The number of halogens is 1. The van der Waals surface area contributed by atoms with Gasteiger partial charge in [0.25, 0.3) is 0 Å². The van der Waals surface area contributed by atoms with Crippen molar-refractivity contribution < 1.29 is 4.39 Å². The lowest BCUT2D eigenvalue weighted by Gasteiger charge is -2.12. The van der Waals surface area contributed by atoms with Crippen molar-refractivity contribution in [3.63, 3.8) is 0 Å². The first-order valence-electron chi connectivity index (χ1n) is 8.12. The third kappa shape index (κ3) is 2.83. The summed E-state index contributed by atoms with van der Waals surface area (Å²) in [6, 6.07) is 17.0. The van der Waals surface area contributed by atoms with Gasteiger partial charge < -0.3 is 4.57 Å². The van der Waals surface area contributed by atoms with Crippen LogP contribution in [-0.2, 0) is 0 Å². The zero-order valence-corrected chi connectivity index (χ0v) is 13.8. The van der Waals surface area contributed by atoms with Crippen LogP contribution < -0.4 is 0 Å². The molecule has 0 aliphatic carbocycles. The fourth-order valence-electron chi connectivity index (χ4n) is 2.91. The number of allylic oxidation sites excluding steroid dienone is 1. The number of hydrogen-bond acceptors (Lipinski definition) is 1. The standard InChI is InChI=1S/C21H19FN2/c1-3-15(2)24-14-17(19-9-5-7-11-21(19)24)12-16(13-23)18-8-4-6-10-20(18)22/h4-12,14-15H,3H2,1-2H3/b16-12-/t15-/m0/s1. The van der Waals surface area contributed by atoms with Gasteiger partial charge in [-0.05, 0) is 31.6 Å². The lowest BCUT2D eigenvalue weighted by atomic mass is 10.0. The molecule has 24 heavy (non-hydrogen) atoms. The molecule has 0 bridgehead atoms. The van der Waals surface area contributed by atoms with E-state index in [1.807, 2.05) is 18.2 Å². The highest BCUT2D eigenvalue weighted by Crippen LogP contribution is 2.29. The van der Waals surface area contributed by atoms with Crippen LogP contribution in [0.3, 0.4) is 0 Å². The Balaban J connectivity index is 2.19. The summed E-state index contributed by atoms with van der Waals surface area (Å²) >= 11 is 0. The van der Waals surface area contributed by atoms with Gasteiger partial charge in [0.1, 0.15) is 5.82 Å². The van der Waals surface area contributed by atoms with Gasteiger partial charge in [-0.1, -0.05) is 43.3 Å². The van der Waals surface area contributed by atoms with Gasteiger partial charge >= 0.3 is 0 Å². The Morgan fingerprint density at radius 3 is 2.62 bits per heavy atom. The zero-order chi connectivity index (χ0) is 17.1. The molecule has 120 valence electrons. The number of rotatable bonds is 4. The highest BCUT2D eigenvalue weighted by atomic mass is 19.1. The van der Waals surface area contributed by atoms with Gasteiger partial charge in [-0.3, -0.25) is 0 Å². The van der Waals surface area contributed by atoms with E-state index >= 15 is 0 Å². The van der Waals surface area contributed by atoms with Crippen molar-refractivity contribution in [3.8, 4) is 6.07 Å². The zero-order valence-electron chi connectivity index (χ0n) is 13.8. The van der Waals surface area contributed by atoms with Gasteiger partial charge in [0.15, 0.2) is 0 Å². The number of para-hydroxylation sites is 1. The first-order valence-corrected chi connectivity index (χ1v) is 8.12. The van der Waals surface area contributed by atoms with Gasteiger partial charge in [0, 0.05) is 34.3 Å². The maximum absolute atomic E-state index is 14.0. The minimum Gasteiger partial charge on any atom is -0.344 e. The van der Waals surface area contributed by atoms with Crippen LogP contribution in [-0.4, -0.2) is 4.57 Å². The van der Waals surface area contributed by atoms with Crippen molar-refractivity contribution >= 4 is 22.6 Å². The van der Waals surface area contributed by atoms with Gasteiger partial charge in [-0.15, -0.1) is 0 Å². The van der Waals surface area contributed by atoms with Crippen LogP contribution in [0.25, 0.3) is 22.6 Å². The normalized spacial score (nSPS) is 13.0. The molecule has 0 unspecified atom stereocenters. The van der Waals surface area contributed by atoms with Crippen LogP contribution in [0.2, 0.25) is 0 Å². The Labute approximate surface area is 141 Å². The van der Waals surface area contributed by atoms with E-state index in [9.17, 15) is 9.65 Å². The van der Waals surface area contributed by atoms with E-state index in [0.29, 0.717) is 17.2 Å². The molecule has 3 rings (SSSR count). The monoisotopic (exact) mass is 318 g/mol. The molecule has 0 radical (unpaired) electrons. The third-order valence-corrected chi connectivity index (χ3v) is 4.42. The highest BCUT2D eigenvalue weighted by molar-refractivity contribution is 5.98. The van der Waals surface area contributed by atoms with E-state index in [1.165, 1.54) is 6.07 Å². The molecule has 0 amide bonds. The molecule has 0 saturated heterocycles. The third-order valence-electron chi connectivity index (χ3n) is 4.42. The van der Waals surface area contributed by atoms with E-state index in [1.54, 1.807) is 24.3 Å². The van der Waals surface area contributed by atoms with E-state index in [-0.39, 0.29) is 5.82 Å². The van der Waals surface area contributed by atoms with E-state index < -0.39 is 0 Å². The van der Waals surface area contributed by atoms with Crippen LogP contribution in [0.15, 0.2) is 54.7 Å². The molecule has 3 aromatic rings. The largest absolute Gasteiger partial charge is 0.344 e. The average Bonchev–Trinajstić information content (AvgIpc) is 2.98. The highest BCUT2D eigenvalue weighted by Gasteiger charge is 2.13. The van der Waals surface area contributed by atoms with Crippen LogP contribution in [0.1, 0.15) is 37.4 Å². The van der Waals surface area contributed by atoms with Crippen LogP contribution in [0.4, 0.5) is 4.39 Å². The first kappa shape index (κ1) is 16.0. The van der Waals surface area contributed by atoms with Gasteiger partial charge in [0.05, 0.1) is 11.6 Å². The molecule has 2 nitrogen and oxygen atoms in total. The molecule has 0 aliphatic rings. The summed E-state index contributed by atoms with van der Waals surface area (Å²) in [5.74, 6) is -0.379. The fraction of sp³-hybridized carbons (Fsp3) is 0.190. The second-order valence-electron chi connectivity index (χ2n) is 5.92. The van der Waals surface area contributed by atoms with Gasteiger partial charge in [0.2, 0.25) is 0 Å². The van der Waals surface area contributed by atoms with Crippen molar-refractivity contribution in [1.82, 2.24) is 4.57 Å². The van der Waals surface area contributed by atoms with E-state index in [4.69, 9.17) is 0 Å². The minimum atomic E-state index is -0.379. The molecule has 0 N–H and O–H groups in total. The maximum Gasteiger partial charge on any atom is 0.131 e. The van der Waals surface area contributed by atoms with E-state index in [2.05, 4.69) is 36.7 Å². The van der Waals surface area contributed by atoms with Gasteiger partial charge in [-0.2, -0.15) is 5.26 Å². The summed E-state index contributed by atoms with van der Waals surface area (Å²) < 4.78 is 16.3. The number of hydrogen-bond donors (Lipinski definition) is 0. The molecule has 0 saturated carbocycles. The topological polar surface area (TPSA) is 28.7 Å². The lowest BCUT2D eigenvalue weighted by Crippen LogP contribution is -2.01. The van der Waals surface area contributed by atoms with Crippen molar-refractivity contribution in [2.45, 2.75) is 26.3 Å². The maximum atomic E-state index is 14.0. The lowest BCUT2D eigenvalue weighted by molar-refractivity contribution is 0.548. The minimum absolute atomic E-state index is 0.333. The number of fused-ring (bicyclic) bond motifs is 1. The molecule has 3 heteroatoms. The summed E-state index contributed by atoms with van der Waals surface area (Å²) in [5.41, 5.74) is 2.73. The molecule has 1 heterocycles. The molecular weight excluding hydrogens is 299 g/mol. The SMILES string of the molecule is CC[C@H](C)n1cc(/C=C(/C#N)c2ccccc2F)c2ccccc21. The molecule has 0 spiro atoms. The Kier molecular flexibility index (Phi) is 4.48. The molecular formula is C21H19FN2. The summed E-state index contributed by atoms with van der Waals surface area (Å²) in [4.78, 5) is 0. The number of aromatic nitrogens is 1. The second-order valence-corrected chi connectivity index (χ2v) is 5.92. The van der Waals surface area contributed by atoms with Crippen molar-refractivity contribution in [2.75, 3.05) is 0 Å². The van der Waals surface area contributed by atoms with E-state index in [0.717, 1.165) is 22.9 Å². The average molecular weight is 318 g/mol. The fourth-order valence-corrected chi connectivity index (χ4v) is 2.91. The van der Waals surface area contributed by atoms with Crippen molar-refractivity contribution in [2.24, 2.45) is 0 Å². The smallest absolute Gasteiger partial charge is 0.131 e. The number of nitriles is 1. The summed E-state index contributed by atoms with van der Waals surface area (Å²) in [6.45, 7) is 4.32. The molecule has 2 aromatic carbocycles. The Hall–Kier alpha value is -2.86. The molecule has 1 atom stereocenters. The Morgan fingerprint density at radius 1 is 1.21 bits per heavy atom. The summed E-state index contributed by atoms with van der Waals surface area (Å²) in [7, 11) is 0. The van der Waals surface area contributed by atoms with Crippen LogP contribution in [0, 0.1) is 17.1 Å². The molecule has 1 aromatic heterocycles. The summed E-state index contributed by atoms with van der Waals surface area (Å²) in [6.07, 6.45) is 4.84. The second kappa shape index (κ2) is 6.72.